The Balaban J connectivity index is 0. The number of hydrogen-bond acceptors (Lipinski definition) is 0. The summed E-state index contributed by atoms with van der Waals surface area (Å²) in [4.78, 5) is 0. The molecule has 0 rings (SSSR count). The Labute approximate surface area is 59.7 Å². The molecule has 0 fully saturated rings. The quantitative estimate of drug-likeness (QED) is 0.387. The Morgan fingerprint density at radius 3 is 1.71 bits per heavy atom. The molecule has 0 aromatic heterocycles. The monoisotopic (exact) mass is 168 g/mol. The second-order valence-corrected chi connectivity index (χ2v) is 1.28. The molecule has 7 heavy (non-hydrogen) atoms. The van der Waals surface area contributed by atoms with Gasteiger partial charge >= 0.3 is 27.0 Å². The van der Waals surface area contributed by atoms with Crippen molar-refractivity contribution in [2.24, 2.45) is 0 Å². The summed E-state index contributed by atoms with van der Waals surface area (Å²) in [5, 5.41) is 0. The summed E-state index contributed by atoms with van der Waals surface area (Å²) in [7, 11) is 4.76. The van der Waals surface area contributed by atoms with Gasteiger partial charge in [-0.1, -0.05) is 0 Å². The van der Waals surface area contributed by atoms with Crippen molar-refractivity contribution in [3.63, 3.8) is 0 Å². The summed E-state index contributed by atoms with van der Waals surface area (Å²) in [6.07, 6.45) is 1.83. The third kappa shape index (κ3) is 21.0. The van der Waals surface area contributed by atoms with Gasteiger partial charge in [-0.05, 0) is 0 Å². The van der Waals surface area contributed by atoms with Gasteiger partial charge in [-0.2, -0.15) is 0 Å². The van der Waals surface area contributed by atoms with Crippen molar-refractivity contribution >= 4 is 9.69 Å². The molecule has 0 aromatic carbocycles. The molecule has 0 N–H and O–H groups in total. The molecule has 0 saturated carbocycles. The predicted molar refractivity (Wildman–Crippen MR) is 30.6 cm³/mol. The molecule has 0 unspecified atom stereocenters. The second-order valence-electron chi connectivity index (χ2n) is 1.28. The van der Waals surface area contributed by atoms with Crippen molar-refractivity contribution in [2.75, 3.05) is 0 Å². The Kier molecular flexibility index (Phi) is 14.6. The molecule has 0 saturated heterocycles. The maximum absolute atomic E-state index is 4.76. The molecule has 0 amide bonds. The van der Waals surface area contributed by atoms with Crippen LogP contribution in [0, 0.1) is 6.92 Å². The minimum absolute atomic E-state index is 0.847. The Bertz CT molecular complexity index is 46.0. The maximum atomic E-state index is 4.76. The first-order chi connectivity index (χ1) is 3.27. The van der Waals surface area contributed by atoms with Crippen molar-refractivity contribution in [3.8, 4) is 0 Å². The zero-order chi connectivity index (χ0) is 6.28. The first-order valence-corrected chi connectivity index (χ1v) is 5.86. The molecule has 0 atom stereocenters. The molecule has 0 aromatic rings. The molecule has 0 spiro atoms. The van der Waals surface area contributed by atoms with Gasteiger partial charge < -0.3 is 0 Å². The minimum atomic E-state index is 0.847. The summed E-state index contributed by atoms with van der Waals surface area (Å²) in [6.45, 7) is 7.56. The van der Waals surface area contributed by atoms with E-state index in [9.17, 15) is 0 Å². The van der Waals surface area contributed by atoms with E-state index in [2.05, 4.69) is 6.92 Å². The third-order valence-electron chi connectivity index (χ3n) is 0.408. The van der Waals surface area contributed by atoms with Gasteiger partial charge in [0.2, 0.25) is 0 Å². The van der Waals surface area contributed by atoms with Crippen LogP contribution in [0.3, 0.4) is 0 Å². The standard InChI is InChI=1S/C5H9.ClH.Zn/c1-4-5(2)3;;/h4H,1H2,2-3H3;1H;/q-1;;+2/p-1. The fraction of sp³-hybridized carbons (Fsp3) is 0.400. The van der Waals surface area contributed by atoms with Crippen LogP contribution in [0.5, 0.6) is 0 Å². The van der Waals surface area contributed by atoms with Gasteiger partial charge in [0.25, 0.3) is 0 Å². The van der Waals surface area contributed by atoms with Crippen molar-refractivity contribution in [3.05, 3.63) is 18.6 Å². The Morgan fingerprint density at radius 1 is 1.57 bits per heavy atom. The van der Waals surface area contributed by atoms with Gasteiger partial charge in [0, 0.05) is 0 Å². The van der Waals surface area contributed by atoms with Crippen LogP contribution in [-0.2, 0) is 17.3 Å². The zero-order valence-electron chi connectivity index (χ0n) is 4.87. The Morgan fingerprint density at radius 2 is 1.71 bits per heavy atom. The van der Waals surface area contributed by atoms with Gasteiger partial charge in [-0.15, -0.1) is 13.8 Å². The molecular weight excluding hydrogens is 161 g/mol. The topological polar surface area (TPSA) is 0 Å². The average Bonchev–Trinajstić information content (AvgIpc) is 1.73. The second kappa shape index (κ2) is 9.73. The number of halogens is 1. The molecule has 0 aliphatic carbocycles. The van der Waals surface area contributed by atoms with Crippen LogP contribution in [0.25, 0.3) is 0 Å². The average molecular weight is 170 g/mol. The van der Waals surface area contributed by atoms with E-state index in [1.54, 1.807) is 0 Å². The van der Waals surface area contributed by atoms with E-state index in [4.69, 9.17) is 9.69 Å². The van der Waals surface area contributed by atoms with E-state index < -0.39 is 0 Å². The summed E-state index contributed by atoms with van der Waals surface area (Å²) in [6, 6.07) is 0. The predicted octanol–water partition coefficient (Wildman–Crippen LogP) is 2.47. The molecule has 0 radical (unpaired) electrons. The van der Waals surface area contributed by atoms with Gasteiger partial charge in [0.1, 0.15) is 0 Å². The van der Waals surface area contributed by atoms with Crippen molar-refractivity contribution in [1.82, 2.24) is 0 Å². The van der Waals surface area contributed by atoms with Crippen LogP contribution < -0.4 is 0 Å². The van der Waals surface area contributed by atoms with E-state index in [0.29, 0.717) is 0 Å². The van der Waals surface area contributed by atoms with Crippen molar-refractivity contribution in [1.29, 1.82) is 0 Å². The van der Waals surface area contributed by atoms with Crippen molar-refractivity contribution < 1.29 is 17.3 Å². The fourth-order valence-electron chi connectivity index (χ4n) is 0. The SMILES string of the molecule is [CH2-]C=C(C)C.[Cl][Zn+]. The van der Waals surface area contributed by atoms with Crippen LogP contribution in [-0.4, -0.2) is 0 Å². The molecule has 38 valence electrons. The van der Waals surface area contributed by atoms with Gasteiger partial charge in [0.05, 0.1) is 0 Å². The van der Waals surface area contributed by atoms with Gasteiger partial charge in [-0.25, -0.2) is 18.6 Å². The molecule has 2 heteroatoms. The van der Waals surface area contributed by atoms with Crippen LogP contribution in [0.1, 0.15) is 13.8 Å². The van der Waals surface area contributed by atoms with E-state index in [1.807, 2.05) is 19.9 Å². The van der Waals surface area contributed by atoms with E-state index in [0.717, 1.165) is 17.3 Å². The number of allylic oxidation sites excluding steroid dienone is 2. The van der Waals surface area contributed by atoms with Crippen LogP contribution in [0.15, 0.2) is 11.6 Å². The molecular formula is C5H9ClZn. The molecule has 0 heterocycles. The Hall–Kier alpha value is 0.523. The summed E-state index contributed by atoms with van der Waals surface area (Å²) in [5.74, 6) is 0. The van der Waals surface area contributed by atoms with Crippen molar-refractivity contribution in [2.45, 2.75) is 13.8 Å². The summed E-state index contributed by atoms with van der Waals surface area (Å²) in [5.41, 5.74) is 1.27. The van der Waals surface area contributed by atoms with Gasteiger partial charge in [-0.3, -0.25) is 0 Å². The van der Waals surface area contributed by atoms with Crippen LogP contribution in [0.2, 0.25) is 0 Å². The van der Waals surface area contributed by atoms with E-state index in [-0.39, 0.29) is 0 Å². The zero-order valence-corrected chi connectivity index (χ0v) is 8.59. The van der Waals surface area contributed by atoms with E-state index >= 15 is 0 Å². The fourth-order valence-corrected chi connectivity index (χ4v) is 0. The first-order valence-electron chi connectivity index (χ1n) is 1.96. The first kappa shape index (κ1) is 10.5. The van der Waals surface area contributed by atoms with Crippen LogP contribution >= 0.6 is 9.69 Å². The molecule has 0 aliphatic rings. The molecule has 0 bridgehead atoms. The molecule has 0 nitrogen and oxygen atoms in total. The normalized spacial score (nSPS) is 5.86. The number of hydrogen-bond donors (Lipinski definition) is 0. The molecule has 0 aliphatic heterocycles. The summed E-state index contributed by atoms with van der Waals surface area (Å²) < 4.78 is 0. The number of rotatable bonds is 0. The summed E-state index contributed by atoms with van der Waals surface area (Å²) >= 11 is 0.847. The third-order valence-corrected chi connectivity index (χ3v) is 0.408. The van der Waals surface area contributed by atoms with Gasteiger partial charge in [0.15, 0.2) is 0 Å². The van der Waals surface area contributed by atoms with E-state index in [1.165, 1.54) is 5.57 Å². The van der Waals surface area contributed by atoms with Crippen LogP contribution in [0.4, 0.5) is 0 Å².